The maximum absolute atomic E-state index is 12.1. The predicted octanol–water partition coefficient (Wildman–Crippen LogP) is 5.00. The van der Waals surface area contributed by atoms with Crippen LogP contribution in [0.15, 0.2) is 24.3 Å². The number of carbonyl (C=O) groups is 2. The van der Waals surface area contributed by atoms with Crippen LogP contribution in [0, 0.1) is 0 Å². The first-order valence-corrected chi connectivity index (χ1v) is 12.5. The fourth-order valence-electron chi connectivity index (χ4n) is 5.08. The Balaban J connectivity index is 1.82. The molecule has 0 aliphatic heterocycles. The third kappa shape index (κ3) is 5.37. The first-order valence-electron chi connectivity index (χ1n) is 12.5. The number of benzene rings is 2. The summed E-state index contributed by atoms with van der Waals surface area (Å²) in [6.07, 6.45) is 8.47. The molecule has 0 spiro atoms. The van der Waals surface area contributed by atoms with Gasteiger partial charge in [-0.25, -0.2) is 9.59 Å². The predicted molar refractivity (Wildman–Crippen MR) is 129 cm³/mol. The SMILES string of the molecule is CCOC(=O)COc1ccc2c(c1-c1c(OCC(=O)OCC)ccc3c1CCCC3)CCCC2. The maximum Gasteiger partial charge on any atom is 0.344 e. The molecule has 0 radical (unpaired) electrons. The topological polar surface area (TPSA) is 71.1 Å². The number of carbonyl (C=O) groups excluding carboxylic acids is 2. The Bertz CT molecular complexity index is 958. The minimum atomic E-state index is -0.389. The van der Waals surface area contributed by atoms with Crippen LogP contribution in [-0.2, 0) is 44.7 Å². The Labute approximate surface area is 201 Å². The highest BCUT2D eigenvalue weighted by atomic mass is 16.6. The Morgan fingerprint density at radius 3 is 1.47 bits per heavy atom. The van der Waals surface area contributed by atoms with Crippen LogP contribution in [0.2, 0.25) is 0 Å². The summed E-state index contributed by atoms with van der Waals surface area (Å²) in [7, 11) is 0. The van der Waals surface area contributed by atoms with E-state index in [1.54, 1.807) is 13.8 Å². The molecule has 182 valence electrons. The lowest BCUT2D eigenvalue weighted by molar-refractivity contribution is -0.146. The van der Waals surface area contributed by atoms with Gasteiger partial charge >= 0.3 is 11.9 Å². The summed E-state index contributed by atoms with van der Waals surface area (Å²) in [6, 6.07) is 8.17. The van der Waals surface area contributed by atoms with Gasteiger partial charge in [-0.15, -0.1) is 0 Å². The Kier molecular flexibility index (Phi) is 8.09. The molecule has 34 heavy (non-hydrogen) atoms. The largest absolute Gasteiger partial charge is 0.481 e. The van der Waals surface area contributed by atoms with Gasteiger partial charge < -0.3 is 18.9 Å². The quantitative estimate of drug-likeness (QED) is 0.485. The number of aryl methyl sites for hydroxylation is 2. The zero-order valence-electron chi connectivity index (χ0n) is 20.2. The second-order valence-electron chi connectivity index (χ2n) is 8.75. The molecule has 2 aliphatic rings. The number of ether oxygens (including phenoxy) is 4. The van der Waals surface area contributed by atoms with Gasteiger partial charge in [0.1, 0.15) is 11.5 Å². The number of hydrogen-bond donors (Lipinski definition) is 0. The minimum absolute atomic E-state index is 0.145. The van der Waals surface area contributed by atoms with E-state index in [4.69, 9.17) is 18.9 Å². The van der Waals surface area contributed by atoms with E-state index in [9.17, 15) is 9.59 Å². The average Bonchev–Trinajstić information content (AvgIpc) is 2.86. The molecule has 0 fully saturated rings. The van der Waals surface area contributed by atoms with Crippen molar-refractivity contribution >= 4 is 11.9 Å². The molecule has 2 aliphatic carbocycles. The molecule has 0 aromatic heterocycles. The van der Waals surface area contributed by atoms with E-state index in [0.29, 0.717) is 24.7 Å². The summed E-state index contributed by atoms with van der Waals surface area (Å²) < 4.78 is 22.3. The van der Waals surface area contributed by atoms with Crippen molar-refractivity contribution < 1.29 is 28.5 Å². The van der Waals surface area contributed by atoms with Gasteiger partial charge in [0.2, 0.25) is 0 Å². The lowest BCUT2D eigenvalue weighted by Gasteiger charge is -2.27. The van der Waals surface area contributed by atoms with Crippen molar-refractivity contribution in [2.45, 2.75) is 65.2 Å². The lowest BCUT2D eigenvalue weighted by Crippen LogP contribution is -2.18. The van der Waals surface area contributed by atoms with Crippen molar-refractivity contribution in [1.82, 2.24) is 0 Å². The summed E-state index contributed by atoms with van der Waals surface area (Å²) in [4.78, 5) is 24.1. The second-order valence-corrected chi connectivity index (χ2v) is 8.75. The first-order chi connectivity index (χ1) is 16.6. The van der Waals surface area contributed by atoms with Gasteiger partial charge in [-0.3, -0.25) is 0 Å². The highest BCUT2D eigenvalue weighted by Crippen LogP contribution is 2.46. The number of hydrogen-bond acceptors (Lipinski definition) is 6. The van der Waals surface area contributed by atoms with Crippen LogP contribution in [0.1, 0.15) is 61.8 Å². The molecule has 4 rings (SSSR count). The normalized spacial score (nSPS) is 14.5. The molecule has 2 aromatic rings. The molecule has 2 aromatic carbocycles. The van der Waals surface area contributed by atoms with E-state index < -0.39 is 0 Å². The molecular formula is C28H34O6. The zero-order chi connectivity index (χ0) is 23.9. The van der Waals surface area contributed by atoms with Gasteiger partial charge in [-0.2, -0.15) is 0 Å². The van der Waals surface area contributed by atoms with Gasteiger partial charge in [-0.1, -0.05) is 12.1 Å². The van der Waals surface area contributed by atoms with E-state index in [0.717, 1.165) is 62.5 Å². The Morgan fingerprint density at radius 1 is 0.647 bits per heavy atom. The van der Waals surface area contributed by atoms with Crippen LogP contribution < -0.4 is 9.47 Å². The van der Waals surface area contributed by atoms with Gasteiger partial charge in [0.05, 0.1) is 13.2 Å². The highest BCUT2D eigenvalue weighted by molar-refractivity contribution is 5.84. The highest BCUT2D eigenvalue weighted by Gasteiger charge is 2.27. The fourth-order valence-corrected chi connectivity index (χ4v) is 5.08. The van der Waals surface area contributed by atoms with E-state index in [2.05, 4.69) is 12.1 Å². The third-order valence-corrected chi connectivity index (χ3v) is 6.54. The maximum atomic E-state index is 12.1. The standard InChI is InChI=1S/C28H34O6/c1-3-31-25(29)17-33-23-15-13-19-9-5-7-11-21(19)27(23)28-22-12-8-6-10-20(22)14-16-24(28)34-18-26(30)32-4-2/h13-16H,3-12,17-18H2,1-2H3. The van der Waals surface area contributed by atoms with Gasteiger partial charge in [0, 0.05) is 11.1 Å². The van der Waals surface area contributed by atoms with Crippen LogP contribution in [0.4, 0.5) is 0 Å². The Hall–Kier alpha value is -3.02. The van der Waals surface area contributed by atoms with Crippen molar-refractivity contribution in [3.05, 3.63) is 46.5 Å². The van der Waals surface area contributed by atoms with Crippen LogP contribution in [0.3, 0.4) is 0 Å². The van der Waals surface area contributed by atoms with Gasteiger partial charge in [-0.05, 0) is 99.6 Å². The molecular weight excluding hydrogens is 432 g/mol. The van der Waals surface area contributed by atoms with E-state index in [-0.39, 0.29) is 25.2 Å². The fraction of sp³-hybridized carbons (Fsp3) is 0.500. The number of fused-ring (bicyclic) bond motifs is 2. The summed E-state index contributed by atoms with van der Waals surface area (Å²) >= 11 is 0. The first kappa shape index (κ1) is 24.1. The monoisotopic (exact) mass is 466 g/mol. The second kappa shape index (κ2) is 11.4. The number of esters is 2. The molecule has 0 heterocycles. The van der Waals surface area contributed by atoms with Crippen LogP contribution in [0.25, 0.3) is 11.1 Å². The molecule has 0 unspecified atom stereocenters. The molecule has 0 bridgehead atoms. The van der Waals surface area contributed by atoms with Crippen molar-refractivity contribution in [3.63, 3.8) is 0 Å². The smallest absolute Gasteiger partial charge is 0.344 e. The molecule has 6 heteroatoms. The van der Waals surface area contributed by atoms with Crippen LogP contribution >= 0.6 is 0 Å². The summed E-state index contributed by atoms with van der Waals surface area (Å²) in [5, 5.41) is 0. The van der Waals surface area contributed by atoms with E-state index in [1.165, 1.54) is 22.3 Å². The molecule has 0 N–H and O–H groups in total. The van der Waals surface area contributed by atoms with Crippen molar-refractivity contribution in [2.24, 2.45) is 0 Å². The molecule has 0 amide bonds. The van der Waals surface area contributed by atoms with Crippen LogP contribution in [0.5, 0.6) is 11.5 Å². The van der Waals surface area contributed by atoms with Gasteiger partial charge in [0.25, 0.3) is 0 Å². The van der Waals surface area contributed by atoms with Gasteiger partial charge in [0.15, 0.2) is 13.2 Å². The summed E-state index contributed by atoms with van der Waals surface area (Å²) in [6.45, 7) is 3.91. The molecule has 0 saturated heterocycles. The molecule has 0 atom stereocenters. The van der Waals surface area contributed by atoms with Crippen molar-refractivity contribution in [3.8, 4) is 22.6 Å². The zero-order valence-corrected chi connectivity index (χ0v) is 20.2. The lowest BCUT2D eigenvalue weighted by atomic mass is 9.80. The van der Waals surface area contributed by atoms with E-state index >= 15 is 0 Å². The van der Waals surface area contributed by atoms with Crippen molar-refractivity contribution in [1.29, 1.82) is 0 Å². The average molecular weight is 467 g/mol. The van der Waals surface area contributed by atoms with Crippen LogP contribution in [-0.4, -0.2) is 38.4 Å². The Morgan fingerprint density at radius 2 is 1.06 bits per heavy atom. The summed E-state index contributed by atoms with van der Waals surface area (Å²) in [5.41, 5.74) is 7.14. The molecule has 6 nitrogen and oxygen atoms in total. The third-order valence-electron chi connectivity index (χ3n) is 6.54. The molecule has 0 saturated carbocycles. The number of rotatable bonds is 9. The summed E-state index contributed by atoms with van der Waals surface area (Å²) in [5.74, 6) is 0.544. The van der Waals surface area contributed by atoms with E-state index in [1.807, 2.05) is 12.1 Å². The minimum Gasteiger partial charge on any atom is -0.481 e. The van der Waals surface area contributed by atoms with Crippen molar-refractivity contribution in [2.75, 3.05) is 26.4 Å².